The second kappa shape index (κ2) is 14.5. The van der Waals surface area contributed by atoms with Crippen LogP contribution in [0.3, 0.4) is 0 Å². The zero-order valence-electron chi connectivity index (χ0n) is 35.4. The summed E-state index contributed by atoms with van der Waals surface area (Å²) >= 11 is 0. The quantitative estimate of drug-likeness (QED) is 0.156. The standard InChI is InChI=1S/C61H41N2OP/c64-65(49-21-8-3-9-22-49)58-30-15-12-26-53(58)61(52-25-11-14-29-57(52)63-56-28-13-10-23-50(56)51-24-16-27-55(61)60(51)63)54-40-35-45(41-59(54)65)44-33-38-48(39-34-44)62(46-19-6-2-7-20-46)47-36-31-43(32-37-47)42-17-4-1-5-18-42/h1-41H. The van der Waals surface area contributed by atoms with Gasteiger partial charge in [0.15, 0.2) is 7.14 Å². The summed E-state index contributed by atoms with van der Waals surface area (Å²) in [7, 11) is -3.43. The minimum Gasteiger partial charge on any atom is -0.311 e. The van der Waals surface area contributed by atoms with E-state index in [2.05, 4.69) is 240 Å². The molecule has 0 bridgehead atoms. The molecule has 0 saturated heterocycles. The second-order valence-electron chi connectivity index (χ2n) is 17.1. The molecule has 4 heteroatoms. The molecule has 1 aromatic heterocycles. The lowest BCUT2D eigenvalue weighted by atomic mass is 9.62. The Morgan fingerprint density at radius 3 is 1.62 bits per heavy atom. The fourth-order valence-corrected chi connectivity index (χ4v) is 14.3. The van der Waals surface area contributed by atoms with Crippen LogP contribution in [0.4, 0.5) is 17.1 Å². The van der Waals surface area contributed by atoms with Crippen molar-refractivity contribution in [1.29, 1.82) is 0 Å². The van der Waals surface area contributed by atoms with Crippen LogP contribution in [0.25, 0.3) is 49.7 Å². The number of nitrogens with zero attached hydrogens (tertiary/aromatic N) is 2. The van der Waals surface area contributed by atoms with E-state index in [0.29, 0.717) is 0 Å². The van der Waals surface area contributed by atoms with Crippen LogP contribution >= 0.6 is 7.14 Å². The van der Waals surface area contributed by atoms with Crippen molar-refractivity contribution in [2.24, 2.45) is 0 Å². The topological polar surface area (TPSA) is 25.2 Å². The van der Waals surface area contributed by atoms with Crippen molar-refractivity contribution in [1.82, 2.24) is 4.57 Å². The Balaban J connectivity index is 1.02. The lowest BCUT2D eigenvalue weighted by Crippen LogP contribution is -2.48. The van der Waals surface area contributed by atoms with Crippen molar-refractivity contribution >= 4 is 61.9 Å². The van der Waals surface area contributed by atoms with E-state index in [1.807, 2.05) is 18.2 Å². The van der Waals surface area contributed by atoms with Gasteiger partial charge >= 0.3 is 0 Å². The molecule has 0 saturated carbocycles. The number of aromatic nitrogens is 1. The molecule has 2 aliphatic rings. The number of para-hydroxylation sites is 4. The average Bonchev–Trinajstić information content (AvgIpc) is 3.73. The first-order valence-corrected chi connectivity index (χ1v) is 24.0. The highest BCUT2D eigenvalue weighted by Gasteiger charge is 2.54. The second-order valence-corrected chi connectivity index (χ2v) is 19.8. The minimum absolute atomic E-state index is 0.746. The third-order valence-electron chi connectivity index (χ3n) is 13.9. The number of rotatable bonds is 6. The van der Waals surface area contributed by atoms with E-state index in [-0.39, 0.29) is 0 Å². The van der Waals surface area contributed by atoms with Crippen LogP contribution in [0, 0.1) is 0 Å². The lowest BCUT2D eigenvalue weighted by Gasteiger charge is -2.47. The molecule has 0 aliphatic carbocycles. The number of benzene rings is 10. The van der Waals surface area contributed by atoms with Crippen molar-refractivity contribution in [2.75, 3.05) is 4.90 Å². The molecule has 1 spiro atoms. The predicted octanol–water partition coefficient (Wildman–Crippen LogP) is 14.2. The zero-order valence-corrected chi connectivity index (χ0v) is 36.3. The molecule has 2 atom stereocenters. The predicted molar refractivity (Wildman–Crippen MR) is 271 cm³/mol. The van der Waals surface area contributed by atoms with Gasteiger partial charge in [-0.3, -0.25) is 0 Å². The largest absolute Gasteiger partial charge is 0.311 e. The highest BCUT2D eigenvalue weighted by Crippen LogP contribution is 2.61. The van der Waals surface area contributed by atoms with E-state index < -0.39 is 12.6 Å². The lowest BCUT2D eigenvalue weighted by molar-refractivity contribution is 0.590. The molecule has 0 fully saturated rings. The molecule has 2 aliphatic heterocycles. The van der Waals surface area contributed by atoms with Gasteiger partial charge in [0.1, 0.15) is 0 Å². The van der Waals surface area contributed by atoms with E-state index in [1.54, 1.807) is 0 Å². The highest BCUT2D eigenvalue weighted by atomic mass is 31.2. The summed E-state index contributed by atoms with van der Waals surface area (Å²) in [4.78, 5) is 2.30. The molecular formula is C61H41N2OP. The fourth-order valence-electron chi connectivity index (χ4n) is 11.1. The van der Waals surface area contributed by atoms with Crippen molar-refractivity contribution in [3.05, 3.63) is 271 Å². The fraction of sp³-hybridized carbons (Fsp3) is 0.0164. The Hall–Kier alpha value is -7.97. The number of anilines is 3. The molecule has 0 radical (unpaired) electrons. The first-order valence-electron chi connectivity index (χ1n) is 22.3. The SMILES string of the molecule is O=P1(c2ccccc2)c2ccccc2C2(c3ccccc3-n3c4ccccc4c4cccc2c43)c2ccc(-c3ccc(N(c4ccccc4)c4ccc(-c5ccccc5)cc4)cc3)cc21. The maximum atomic E-state index is 16.8. The van der Waals surface area contributed by atoms with Crippen molar-refractivity contribution in [2.45, 2.75) is 5.41 Å². The maximum Gasteiger partial charge on any atom is 0.171 e. The first-order chi connectivity index (χ1) is 32.1. The summed E-state index contributed by atoms with van der Waals surface area (Å²) in [6, 6.07) is 88.6. The van der Waals surface area contributed by atoms with Gasteiger partial charge < -0.3 is 14.0 Å². The van der Waals surface area contributed by atoms with E-state index in [1.165, 1.54) is 44.1 Å². The van der Waals surface area contributed by atoms with Crippen molar-refractivity contribution < 1.29 is 4.57 Å². The van der Waals surface area contributed by atoms with Crippen LogP contribution in [0.15, 0.2) is 249 Å². The van der Waals surface area contributed by atoms with Crippen LogP contribution in [0.2, 0.25) is 0 Å². The summed E-state index contributed by atoms with van der Waals surface area (Å²) in [5.74, 6) is 0. The molecule has 65 heavy (non-hydrogen) atoms. The van der Waals surface area contributed by atoms with Gasteiger partial charge in [0, 0.05) is 43.7 Å². The van der Waals surface area contributed by atoms with E-state index in [0.717, 1.165) is 60.9 Å². The molecule has 0 amide bonds. The molecule has 10 aromatic carbocycles. The van der Waals surface area contributed by atoms with Crippen LogP contribution in [0.1, 0.15) is 22.3 Å². The Morgan fingerprint density at radius 1 is 0.369 bits per heavy atom. The summed E-state index contributed by atoms with van der Waals surface area (Å²) in [6.45, 7) is 0. The van der Waals surface area contributed by atoms with E-state index >= 15 is 4.57 Å². The molecule has 2 unspecified atom stereocenters. The summed E-state index contributed by atoms with van der Waals surface area (Å²) in [5.41, 5.74) is 15.0. The Bertz CT molecular complexity index is 3670. The van der Waals surface area contributed by atoms with Gasteiger partial charge in [-0.25, -0.2) is 0 Å². The molecule has 3 heterocycles. The van der Waals surface area contributed by atoms with Gasteiger partial charge in [0.2, 0.25) is 0 Å². The average molecular weight is 849 g/mol. The summed E-state index contributed by atoms with van der Waals surface area (Å²) in [6.07, 6.45) is 0. The van der Waals surface area contributed by atoms with Gasteiger partial charge in [-0.15, -0.1) is 0 Å². The van der Waals surface area contributed by atoms with Crippen LogP contribution in [0.5, 0.6) is 0 Å². The normalized spacial score (nSPS) is 16.8. The third kappa shape index (κ3) is 5.40. The molecule has 11 aromatic rings. The van der Waals surface area contributed by atoms with Gasteiger partial charge in [-0.2, -0.15) is 0 Å². The summed E-state index contributed by atoms with van der Waals surface area (Å²) in [5, 5.41) is 5.05. The molecule has 13 rings (SSSR count). The van der Waals surface area contributed by atoms with Crippen molar-refractivity contribution in [3.63, 3.8) is 0 Å². The number of fused-ring (bicyclic) bond motifs is 11. The molecule has 3 nitrogen and oxygen atoms in total. The van der Waals surface area contributed by atoms with Gasteiger partial charge in [-0.1, -0.05) is 194 Å². The highest BCUT2D eigenvalue weighted by molar-refractivity contribution is 7.85. The Morgan fingerprint density at radius 2 is 0.877 bits per heavy atom. The molecule has 0 N–H and O–H groups in total. The zero-order chi connectivity index (χ0) is 43.1. The van der Waals surface area contributed by atoms with Gasteiger partial charge in [0.25, 0.3) is 0 Å². The number of hydrogen-bond acceptors (Lipinski definition) is 2. The first kappa shape index (κ1) is 37.6. The van der Waals surface area contributed by atoms with Gasteiger partial charge in [-0.05, 0) is 99.1 Å². The Kier molecular flexibility index (Phi) is 8.40. The third-order valence-corrected chi connectivity index (χ3v) is 17.0. The monoisotopic (exact) mass is 848 g/mol. The molecule has 306 valence electrons. The summed E-state index contributed by atoms with van der Waals surface area (Å²) < 4.78 is 19.2. The van der Waals surface area contributed by atoms with Crippen LogP contribution in [-0.2, 0) is 9.98 Å². The van der Waals surface area contributed by atoms with Crippen LogP contribution < -0.4 is 20.8 Å². The number of hydrogen-bond donors (Lipinski definition) is 0. The van der Waals surface area contributed by atoms with E-state index in [4.69, 9.17) is 0 Å². The van der Waals surface area contributed by atoms with E-state index in [9.17, 15) is 0 Å². The Labute approximate surface area is 378 Å². The van der Waals surface area contributed by atoms with Crippen molar-refractivity contribution in [3.8, 4) is 27.9 Å². The smallest absolute Gasteiger partial charge is 0.171 e. The minimum atomic E-state index is -3.43. The maximum absolute atomic E-state index is 16.8. The van der Waals surface area contributed by atoms with Gasteiger partial charge in [0.05, 0.1) is 22.1 Å². The molecular weight excluding hydrogens is 808 g/mol. The van der Waals surface area contributed by atoms with Crippen LogP contribution in [-0.4, -0.2) is 4.57 Å².